The van der Waals surface area contributed by atoms with Crippen LogP contribution >= 0.6 is 0 Å². The first-order chi connectivity index (χ1) is 9.02. The summed E-state index contributed by atoms with van der Waals surface area (Å²) in [5, 5.41) is 12.4. The number of carbonyl (C=O) groups is 1. The molecule has 0 radical (unpaired) electrons. The minimum Gasteiger partial charge on any atom is -0.479 e. The molecule has 19 heavy (non-hydrogen) atoms. The van der Waals surface area contributed by atoms with Crippen molar-refractivity contribution in [3.63, 3.8) is 0 Å². The Morgan fingerprint density at radius 2 is 2.16 bits per heavy atom. The third-order valence-corrected chi connectivity index (χ3v) is 2.72. The highest BCUT2D eigenvalue weighted by molar-refractivity contribution is 5.72. The molecule has 0 saturated carbocycles. The van der Waals surface area contributed by atoms with E-state index in [4.69, 9.17) is 9.84 Å². The molecule has 106 valence electrons. The van der Waals surface area contributed by atoms with Crippen LogP contribution in [-0.2, 0) is 11.3 Å². The van der Waals surface area contributed by atoms with Crippen LogP contribution in [0.15, 0.2) is 24.3 Å². The van der Waals surface area contributed by atoms with Crippen LogP contribution in [0.25, 0.3) is 0 Å². The molecule has 0 aliphatic rings. The topological polar surface area (TPSA) is 58.6 Å². The van der Waals surface area contributed by atoms with Gasteiger partial charge in [-0.2, -0.15) is 0 Å². The van der Waals surface area contributed by atoms with Crippen molar-refractivity contribution in [3.05, 3.63) is 29.8 Å². The summed E-state index contributed by atoms with van der Waals surface area (Å²) in [6.07, 6.45) is 0.536. The lowest BCUT2D eigenvalue weighted by atomic mass is 10.2. The van der Waals surface area contributed by atoms with E-state index in [1.165, 1.54) is 0 Å². The summed E-state index contributed by atoms with van der Waals surface area (Å²) in [6.45, 7) is 6.87. The van der Waals surface area contributed by atoms with Crippen LogP contribution < -0.4 is 10.1 Å². The molecule has 4 heteroatoms. The normalized spacial score (nSPS) is 12.4. The van der Waals surface area contributed by atoms with E-state index in [9.17, 15) is 4.79 Å². The van der Waals surface area contributed by atoms with Gasteiger partial charge in [-0.1, -0.05) is 39.3 Å². The minimum atomic E-state index is -0.910. The summed E-state index contributed by atoms with van der Waals surface area (Å²) in [7, 11) is 0. The zero-order valence-corrected chi connectivity index (χ0v) is 11.8. The van der Waals surface area contributed by atoms with Crippen molar-refractivity contribution in [2.75, 3.05) is 0 Å². The van der Waals surface area contributed by atoms with Gasteiger partial charge in [-0.15, -0.1) is 0 Å². The number of nitrogens with one attached hydrogen (secondary N) is 1. The Hall–Kier alpha value is -1.55. The predicted octanol–water partition coefficient (Wildman–Crippen LogP) is 2.82. The number of benzene rings is 1. The SMILES string of the molecule is CCCC(Oc1cccc(CNC(C)C)c1)C(=O)O. The standard InChI is InChI=1S/C15H23NO3/c1-4-6-14(15(17)18)19-13-8-5-7-12(9-13)10-16-11(2)3/h5,7-9,11,14,16H,4,6,10H2,1-3H3,(H,17,18). The molecule has 4 nitrogen and oxygen atoms in total. The molecule has 0 aliphatic carbocycles. The molecular weight excluding hydrogens is 242 g/mol. The fourth-order valence-corrected chi connectivity index (χ4v) is 1.71. The van der Waals surface area contributed by atoms with Gasteiger partial charge < -0.3 is 15.2 Å². The van der Waals surface area contributed by atoms with Gasteiger partial charge in [-0.05, 0) is 24.1 Å². The second-order valence-electron chi connectivity index (χ2n) is 4.92. The lowest BCUT2D eigenvalue weighted by molar-refractivity contribution is -0.145. The van der Waals surface area contributed by atoms with Gasteiger partial charge in [-0.3, -0.25) is 0 Å². The number of aliphatic carboxylic acids is 1. The Labute approximate surface area is 114 Å². The van der Waals surface area contributed by atoms with Gasteiger partial charge in [0, 0.05) is 12.6 Å². The van der Waals surface area contributed by atoms with Gasteiger partial charge in [0.2, 0.25) is 0 Å². The maximum Gasteiger partial charge on any atom is 0.344 e. The molecule has 1 atom stereocenters. The van der Waals surface area contributed by atoms with Crippen molar-refractivity contribution in [1.82, 2.24) is 5.32 Å². The lowest BCUT2D eigenvalue weighted by Gasteiger charge is -2.15. The predicted molar refractivity (Wildman–Crippen MR) is 75.4 cm³/mol. The molecule has 0 heterocycles. The molecule has 0 bridgehead atoms. The quantitative estimate of drug-likeness (QED) is 0.759. The summed E-state index contributed by atoms with van der Waals surface area (Å²) in [6, 6.07) is 7.98. The first kappa shape index (κ1) is 15.5. The average Bonchev–Trinajstić information content (AvgIpc) is 2.36. The van der Waals surface area contributed by atoms with Crippen LogP contribution in [0, 0.1) is 0 Å². The molecule has 1 unspecified atom stereocenters. The second-order valence-corrected chi connectivity index (χ2v) is 4.92. The third-order valence-electron chi connectivity index (χ3n) is 2.72. The molecule has 0 aliphatic heterocycles. The third kappa shape index (κ3) is 5.75. The van der Waals surface area contributed by atoms with Gasteiger partial charge in [-0.25, -0.2) is 4.79 Å². The number of hydrogen-bond donors (Lipinski definition) is 2. The van der Waals surface area contributed by atoms with Crippen LogP contribution in [-0.4, -0.2) is 23.2 Å². The van der Waals surface area contributed by atoms with Crippen LogP contribution in [0.2, 0.25) is 0 Å². The fourth-order valence-electron chi connectivity index (χ4n) is 1.71. The average molecular weight is 265 g/mol. The van der Waals surface area contributed by atoms with Gasteiger partial charge in [0.05, 0.1) is 0 Å². The number of carboxylic acid groups (broad SMARTS) is 1. The Morgan fingerprint density at radius 3 is 2.74 bits per heavy atom. The largest absolute Gasteiger partial charge is 0.479 e. The maximum atomic E-state index is 11.1. The number of carboxylic acids is 1. The Kier molecular flexibility index (Phi) is 6.36. The van der Waals surface area contributed by atoms with Crippen molar-refractivity contribution >= 4 is 5.97 Å². The monoisotopic (exact) mass is 265 g/mol. The van der Waals surface area contributed by atoms with Crippen LogP contribution in [0.5, 0.6) is 5.75 Å². The molecule has 1 rings (SSSR count). The lowest BCUT2D eigenvalue weighted by Crippen LogP contribution is -2.26. The van der Waals surface area contributed by atoms with Gasteiger partial charge >= 0.3 is 5.97 Å². The molecule has 2 N–H and O–H groups in total. The summed E-state index contributed by atoms with van der Waals surface area (Å²) in [4.78, 5) is 11.1. The summed E-state index contributed by atoms with van der Waals surface area (Å²) in [5.41, 5.74) is 1.09. The molecule has 0 amide bonds. The Bertz CT molecular complexity index is 404. The van der Waals surface area contributed by atoms with Gasteiger partial charge in [0.15, 0.2) is 6.10 Å². The second kappa shape index (κ2) is 7.79. The summed E-state index contributed by atoms with van der Waals surface area (Å²) < 4.78 is 5.54. The van der Waals surface area contributed by atoms with E-state index in [0.29, 0.717) is 18.2 Å². The Morgan fingerprint density at radius 1 is 1.42 bits per heavy atom. The number of rotatable bonds is 8. The highest BCUT2D eigenvalue weighted by Gasteiger charge is 2.18. The molecule has 1 aromatic carbocycles. The van der Waals surface area contributed by atoms with E-state index < -0.39 is 12.1 Å². The van der Waals surface area contributed by atoms with Crippen LogP contribution in [0.3, 0.4) is 0 Å². The molecular formula is C15H23NO3. The van der Waals surface area contributed by atoms with Crippen molar-refractivity contribution in [2.45, 2.75) is 52.3 Å². The van der Waals surface area contributed by atoms with E-state index in [1.54, 1.807) is 6.07 Å². The fraction of sp³-hybridized carbons (Fsp3) is 0.533. The maximum absolute atomic E-state index is 11.1. The highest BCUT2D eigenvalue weighted by Crippen LogP contribution is 2.17. The van der Waals surface area contributed by atoms with Gasteiger partial charge in [0.25, 0.3) is 0 Å². The molecule has 0 aromatic heterocycles. The van der Waals surface area contributed by atoms with Crippen molar-refractivity contribution in [1.29, 1.82) is 0 Å². The molecule has 0 saturated heterocycles. The van der Waals surface area contributed by atoms with Crippen molar-refractivity contribution in [2.24, 2.45) is 0 Å². The van der Waals surface area contributed by atoms with Gasteiger partial charge in [0.1, 0.15) is 5.75 Å². The highest BCUT2D eigenvalue weighted by atomic mass is 16.5. The van der Waals surface area contributed by atoms with E-state index in [1.807, 2.05) is 25.1 Å². The summed E-state index contributed by atoms with van der Waals surface area (Å²) in [5.74, 6) is -0.295. The minimum absolute atomic E-state index is 0.413. The summed E-state index contributed by atoms with van der Waals surface area (Å²) >= 11 is 0. The van der Waals surface area contributed by atoms with E-state index in [-0.39, 0.29) is 0 Å². The van der Waals surface area contributed by atoms with E-state index in [0.717, 1.165) is 18.5 Å². The molecule has 0 spiro atoms. The smallest absolute Gasteiger partial charge is 0.344 e. The molecule has 0 fully saturated rings. The first-order valence-electron chi connectivity index (χ1n) is 6.74. The number of hydrogen-bond acceptors (Lipinski definition) is 3. The zero-order chi connectivity index (χ0) is 14.3. The number of ether oxygens (including phenoxy) is 1. The van der Waals surface area contributed by atoms with E-state index >= 15 is 0 Å². The Balaban J connectivity index is 2.67. The first-order valence-corrected chi connectivity index (χ1v) is 6.74. The van der Waals surface area contributed by atoms with Crippen molar-refractivity contribution < 1.29 is 14.6 Å². The zero-order valence-electron chi connectivity index (χ0n) is 11.8. The van der Waals surface area contributed by atoms with E-state index in [2.05, 4.69) is 19.2 Å². The van der Waals surface area contributed by atoms with Crippen LogP contribution in [0.1, 0.15) is 39.2 Å². The van der Waals surface area contributed by atoms with Crippen molar-refractivity contribution in [3.8, 4) is 5.75 Å². The van der Waals surface area contributed by atoms with Crippen LogP contribution in [0.4, 0.5) is 0 Å². The molecule has 1 aromatic rings.